The first-order valence-corrected chi connectivity index (χ1v) is 7.69. The summed E-state index contributed by atoms with van der Waals surface area (Å²) in [5, 5.41) is 9.22. The molecule has 1 aliphatic rings. The highest BCUT2D eigenvalue weighted by Gasteiger charge is 2.44. The van der Waals surface area contributed by atoms with Crippen LogP contribution < -0.4 is 0 Å². The molecule has 1 unspecified atom stereocenters. The average Bonchev–Trinajstić information content (AvgIpc) is 2.71. The van der Waals surface area contributed by atoms with Crippen LogP contribution in [0.2, 0.25) is 0 Å². The zero-order valence-corrected chi connectivity index (χ0v) is 12.8. The Bertz CT molecular complexity index is 418. The number of hydrogen-bond acceptors (Lipinski definition) is 1. The third-order valence-corrected chi connectivity index (χ3v) is 6.06. The van der Waals surface area contributed by atoms with Gasteiger partial charge in [-0.15, -0.1) is 0 Å². The van der Waals surface area contributed by atoms with Crippen molar-refractivity contribution < 1.29 is 9.90 Å². The molecule has 1 aliphatic carbocycles. The van der Waals surface area contributed by atoms with Crippen molar-refractivity contribution in [1.82, 2.24) is 0 Å². The van der Waals surface area contributed by atoms with Crippen molar-refractivity contribution in [3.8, 4) is 0 Å². The van der Waals surface area contributed by atoms with Crippen molar-refractivity contribution in [2.45, 2.75) is 36.5 Å². The first-order valence-electron chi connectivity index (χ1n) is 6.44. The predicted molar refractivity (Wildman–Crippen MR) is 80.9 cm³/mol. The van der Waals surface area contributed by atoms with Gasteiger partial charge >= 0.3 is 5.97 Å². The number of rotatable bonds is 4. The summed E-state index contributed by atoms with van der Waals surface area (Å²) < 4.78 is 0.289. The highest BCUT2D eigenvalue weighted by atomic mass is 127. The third kappa shape index (κ3) is 2.87. The molecule has 0 aromatic heterocycles. The van der Waals surface area contributed by atoms with E-state index in [1.54, 1.807) is 0 Å². The SMILES string of the molecule is C[C@H]1CC[C@@](CC(=O)O)(C(I)c2ccccc2)C1. The molecule has 1 N–H and O–H groups in total. The first kappa shape index (κ1) is 13.8. The Morgan fingerprint density at radius 1 is 1.50 bits per heavy atom. The molecule has 0 radical (unpaired) electrons. The van der Waals surface area contributed by atoms with Crippen molar-refractivity contribution >= 4 is 28.6 Å². The second-order valence-electron chi connectivity index (χ2n) is 5.55. The molecule has 0 aliphatic heterocycles. The van der Waals surface area contributed by atoms with Crippen LogP contribution in [0.3, 0.4) is 0 Å². The third-order valence-electron chi connectivity index (χ3n) is 4.02. The fourth-order valence-corrected chi connectivity index (χ4v) is 4.39. The van der Waals surface area contributed by atoms with Crippen molar-refractivity contribution in [3.05, 3.63) is 35.9 Å². The second kappa shape index (κ2) is 5.59. The number of carbonyl (C=O) groups is 1. The van der Waals surface area contributed by atoms with E-state index in [0.717, 1.165) is 19.3 Å². The number of carboxylic acids is 1. The van der Waals surface area contributed by atoms with Crippen molar-refractivity contribution in [3.63, 3.8) is 0 Å². The summed E-state index contributed by atoms with van der Waals surface area (Å²) in [5.41, 5.74) is 1.20. The Hall–Kier alpha value is -0.580. The Balaban J connectivity index is 2.27. The van der Waals surface area contributed by atoms with Crippen LogP contribution in [-0.4, -0.2) is 11.1 Å². The molecule has 0 amide bonds. The molecule has 0 bridgehead atoms. The molecule has 3 atom stereocenters. The highest BCUT2D eigenvalue weighted by molar-refractivity contribution is 14.1. The Labute approximate surface area is 122 Å². The summed E-state index contributed by atoms with van der Waals surface area (Å²) in [4.78, 5) is 11.2. The van der Waals surface area contributed by atoms with Gasteiger partial charge in [-0.1, -0.05) is 66.3 Å². The summed E-state index contributed by atoms with van der Waals surface area (Å²) in [7, 11) is 0. The van der Waals surface area contributed by atoms with Crippen LogP contribution in [0, 0.1) is 11.3 Å². The van der Waals surface area contributed by atoms with Gasteiger partial charge in [-0.25, -0.2) is 0 Å². The highest BCUT2D eigenvalue weighted by Crippen LogP contribution is 2.56. The lowest BCUT2D eigenvalue weighted by Gasteiger charge is -2.33. The van der Waals surface area contributed by atoms with Crippen molar-refractivity contribution in [1.29, 1.82) is 0 Å². The largest absolute Gasteiger partial charge is 0.481 e. The van der Waals surface area contributed by atoms with Crippen LogP contribution in [0.1, 0.15) is 42.1 Å². The van der Waals surface area contributed by atoms with Crippen LogP contribution in [-0.2, 0) is 4.79 Å². The lowest BCUT2D eigenvalue weighted by atomic mass is 9.76. The smallest absolute Gasteiger partial charge is 0.303 e. The van der Waals surface area contributed by atoms with E-state index in [4.69, 9.17) is 0 Å². The zero-order chi connectivity index (χ0) is 13.2. The lowest BCUT2D eigenvalue weighted by Crippen LogP contribution is -2.26. The number of halogens is 1. The van der Waals surface area contributed by atoms with Crippen LogP contribution in [0.25, 0.3) is 0 Å². The molecule has 1 fully saturated rings. The molecular formula is C15H19IO2. The van der Waals surface area contributed by atoms with E-state index in [0.29, 0.717) is 12.3 Å². The van der Waals surface area contributed by atoms with E-state index < -0.39 is 5.97 Å². The van der Waals surface area contributed by atoms with Crippen molar-refractivity contribution in [2.75, 3.05) is 0 Å². The van der Waals surface area contributed by atoms with Gasteiger partial charge in [0.25, 0.3) is 0 Å². The quantitative estimate of drug-likeness (QED) is 0.638. The van der Waals surface area contributed by atoms with Crippen LogP contribution in [0.4, 0.5) is 0 Å². The second-order valence-corrected chi connectivity index (χ2v) is 6.80. The molecule has 0 spiro atoms. The summed E-state index contributed by atoms with van der Waals surface area (Å²) in [6, 6.07) is 10.3. The monoisotopic (exact) mass is 358 g/mol. The fraction of sp³-hybridized carbons (Fsp3) is 0.533. The molecule has 98 valence electrons. The van der Waals surface area contributed by atoms with E-state index >= 15 is 0 Å². The number of alkyl halides is 1. The Morgan fingerprint density at radius 3 is 2.67 bits per heavy atom. The molecule has 0 heterocycles. The van der Waals surface area contributed by atoms with Crippen LogP contribution in [0.5, 0.6) is 0 Å². The maximum atomic E-state index is 11.2. The fourth-order valence-electron chi connectivity index (χ4n) is 3.19. The summed E-state index contributed by atoms with van der Waals surface area (Å²) >= 11 is 2.44. The van der Waals surface area contributed by atoms with Gasteiger partial charge in [-0.2, -0.15) is 0 Å². The molecule has 18 heavy (non-hydrogen) atoms. The minimum absolute atomic E-state index is 0.0623. The van der Waals surface area contributed by atoms with E-state index in [9.17, 15) is 9.90 Å². The van der Waals surface area contributed by atoms with Gasteiger partial charge in [0.05, 0.1) is 6.42 Å². The summed E-state index contributed by atoms with van der Waals surface area (Å²) in [5.74, 6) is -0.0213. The van der Waals surface area contributed by atoms with Gasteiger partial charge in [-0.05, 0) is 29.7 Å². The molecule has 1 aromatic carbocycles. The van der Waals surface area contributed by atoms with Crippen LogP contribution >= 0.6 is 22.6 Å². The molecule has 1 saturated carbocycles. The molecule has 3 heteroatoms. The summed E-state index contributed by atoms with van der Waals surface area (Å²) in [6.45, 7) is 2.23. The molecule has 2 rings (SSSR count). The van der Waals surface area contributed by atoms with E-state index in [1.807, 2.05) is 18.2 Å². The van der Waals surface area contributed by atoms with Gasteiger partial charge < -0.3 is 5.11 Å². The Kier molecular flexibility index (Phi) is 4.30. The van der Waals surface area contributed by atoms with Crippen molar-refractivity contribution in [2.24, 2.45) is 11.3 Å². The maximum absolute atomic E-state index is 11.2. The van der Waals surface area contributed by atoms with E-state index in [2.05, 4.69) is 41.6 Å². The first-order chi connectivity index (χ1) is 8.53. The number of benzene rings is 1. The minimum atomic E-state index is -0.665. The van der Waals surface area contributed by atoms with Gasteiger partial charge in [0, 0.05) is 3.92 Å². The topological polar surface area (TPSA) is 37.3 Å². The molecular weight excluding hydrogens is 339 g/mol. The van der Waals surface area contributed by atoms with Gasteiger partial charge in [0.1, 0.15) is 0 Å². The summed E-state index contributed by atoms with van der Waals surface area (Å²) in [6.07, 6.45) is 3.50. The molecule has 1 aromatic rings. The van der Waals surface area contributed by atoms with Crippen LogP contribution in [0.15, 0.2) is 30.3 Å². The van der Waals surface area contributed by atoms with E-state index in [1.165, 1.54) is 5.56 Å². The number of hydrogen-bond donors (Lipinski definition) is 1. The number of aliphatic carboxylic acids is 1. The Morgan fingerprint density at radius 2 is 2.17 bits per heavy atom. The van der Waals surface area contributed by atoms with E-state index in [-0.39, 0.29) is 9.34 Å². The molecule has 2 nitrogen and oxygen atoms in total. The average molecular weight is 358 g/mol. The maximum Gasteiger partial charge on any atom is 0.303 e. The van der Waals surface area contributed by atoms with Gasteiger partial charge in [0.15, 0.2) is 0 Å². The number of carboxylic acid groups (broad SMARTS) is 1. The normalized spacial score (nSPS) is 29.1. The molecule has 0 saturated heterocycles. The predicted octanol–water partition coefficient (Wildman–Crippen LogP) is 4.44. The van der Waals surface area contributed by atoms with Gasteiger partial charge in [0.2, 0.25) is 0 Å². The zero-order valence-electron chi connectivity index (χ0n) is 10.6. The van der Waals surface area contributed by atoms with Gasteiger partial charge in [-0.3, -0.25) is 4.79 Å². The lowest BCUT2D eigenvalue weighted by molar-refractivity contribution is -0.139. The standard InChI is InChI=1S/C15H19IO2/c1-11-7-8-15(9-11,10-13(17)18)14(16)12-5-3-2-4-6-12/h2-6,11,14H,7-10H2,1H3,(H,17,18)/t11-,14?,15+/m0/s1. The minimum Gasteiger partial charge on any atom is -0.481 e.